The number of nitriles is 2. The molecule has 1 aliphatic heterocycles. The van der Waals surface area contributed by atoms with Crippen LogP contribution in [0.1, 0.15) is 44.3 Å². The molecule has 0 fully saturated rings. The number of allylic oxidation sites excluding steroid dienone is 1. The Balaban J connectivity index is 0.000000396. The summed E-state index contributed by atoms with van der Waals surface area (Å²) in [7, 11) is 0. The summed E-state index contributed by atoms with van der Waals surface area (Å²) in [6, 6.07) is 9.85. The fourth-order valence-electron chi connectivity index (χ4n) is 3.49. The number of furan rings is 2. The van der Waals surface area contributed by atoms with Crippen LogP contribution in [-0.4, -0.2) is 46.1 Å². The van der Waals surface area contributed by atoms with Crippen LogP contribution in [0, 0.1) is 28.1 Å². The van der Waals surface area contributed by atoms with Gasteiger partial charge in [-0.1, -0.05) is 0 Å². The number of nitrogens with zero attached hydrogens (tertiary/aromatic N) is 4. The molecule has 1 N–H and O–H groups in total. The minimum absolute atomic E-state index is 0.200. The van der Waals surface area contributed by atoms with Crippen LogP contribution < -0.4 is 4.90 Å². The van der Waals surface area contributed by atoms with Crippen LogP contribution in [0.25, 0.3) is 5.41 Å². The van der Waals surface area contributed by atoms with Gasteiger partial charge in [0.2, 0.25) is 0 Å². The SMILES string of the molecule is CC[NH+](CC)CC.N#CC1(C#N)C(c2ccco2)N=C([Se])C(=C=[N-])C1c1ccco1. The van der Waals surface area contributed by atoms with Crippen LogP contribution in [0.4, 0.5) is 0 Å². The van der Waals surface area contributed by atoms with E-state index in [1.54, 1.807) is 29.2 Å². The first-order valence-corrected chi connectivity index (χ1v) is 10.6. The Morgan fingerprint density at radius 3 is 1.97 bits per heavy atom. The average molecular weight is 469 g/mol. The molecule has 0 amide bonds. The topological polar surface area (TPSA) is 113 Å². The van der Waals surface area contributed by atoms with Gasteiger partial charge in [0.25, 0.3) is 0 Å². The van der Waals surface area contributed by atoms with Crippen molar-refractivity contribution in [1.82, 2.24) is 0 Å². The summed E-state index contributed by atoms with van der Waals surface area (Å²) in [6.45, 7) is 10.5. The Hall–Kier alpha value is -2.86. The summed E-state index contributed by atoms with van der Waals surface area (Å²) in [5.41, 5.74) is -1.44. The van der Waals surface area contributed by atoms with Crippen LogP contribution in [0.5, 0.6) is 0 Å². The van der Waals surface area contributed by atoms with E-state index in [2.05, 4.69) is 53.9 Å². The van der Waals surface area contributed by atoms with Gasteiger partial charge in [-0.2, -0.15) is 0 Å². The maximum absolute atomic E-state index is 9.82. The minimum atomic E-state index is -1.64. The number of quaternary nitrogens is 1. The monoisotopic (exact) mass is 470 g/mol. The molecule has 2 unspecified atom stereocenters. The van der Waals surface area contributed by atoms with Crippen LogP contribution in [0.15, 0.2) is 56.2 Å². The second-order valence-corrected chi connectivity index (χ2v) is 7.54. The van der Waals surface area contributed by atoms with E-state index in [-0.39, 0.29) is 5.57 Å². The Morgan fingerprint density at radius 1 is 1.07 bits per heavy atom. The van der Waals surface area contributed by atoms with Crippen LogP contribution in [0.3, 0.4) is 0 Å². The summed E-state index contributed by atoms with van der Waals surface area (Å²) < 4.78 is 11.1. The third kappa shape index (κ3) is 4.49. The van der Waals surface area contributed by atoms with Crippen molar-refractivity contribution in [2.24, 2.45) is 10.4 Å². The van der Waals surface area contributed by atoms with Crippen molar-refractivity contribution in [1.29, 1.82) is 10.5 Å². The molecule has 1 radical (unpaired) electrons. The molecule has 2 atom stereocenters. The molecule has 0 aliphatic carbocycles. The Bertz CT molecular complexity index is 952. The van der Waals surface area contributed by atoms with Gasteiger partial charge in [0.15, 0.2) is 0 Å². The van der Waals surface area contributed by atoms with Gasteiger partial charge < -0.3 is 4.90 Å². The predicted molar refractivity (Wildman–Crippen MR) is 114 cm³/mol. The van der Waals surface area contributed by atoms with E-state index in [1.807, 2.05) is 5.87 Å². The molecule has 0 saturated carbocycles. The van der Waals surface area contributed by atoms with Gasteiger partial charge in [0, 0.05) is 0 Å². The van der Waals surface area contributed by atoms with Crippen molar-refractivity contribution in [2.75, 3.05) is 19.6 Å². The normalized spacial score (nSPS) is 19.7. The zero-order valence-corrected chi connectivity index (χ0v) is 19.0. The summed E-state index contributed by atoms with van der Waals surface area (Å²) in [6.07, 6.45) is 2.89. The van der Waals surface area contributed by atoms with Crippen molar-refractivity contribution in [3.8, 4) is 12.1 Å². The quantitative estimate of drug-likeness (QED) is 0.535. The molecule has 0 aromatic carbocycles. The van der Waals surface area contributed by atoms with E-state index < -0.39 is 17.4 Å². The van der Waals surface area contributed by atoms with Gasteiger partial charge in [-0.25, -0.2) is 0 Å². The molecule has 8 heteroatoms. The summed E-state index contributed by atoms with van der Waals surface area (Å²) in [5, 5.41) is 29.1. The number of hydrogen-bond donors (Lipinski definition) is 1. The molecular formula is C22H24N5O2Se. The fourth-order valence-corrected chi connectivity index (χ4v) is 4.06. The first kappa shape index (κ1) is 23.4. The molecule has 2 aromatic rings. The van der Waals surface area contributed by atoms with E-state index in [4.69, 9.17) is 8.83 Å². The second-order valence-electron chi connectivity index (χ2n) is 6.73. The van der Waals surface area contributed by atoms with Crippen LogP contribution in [-0.2, 0) is 0 Å². The molecule has 1 aliphatic rings. The first-order valence-electron chi connectivity index (χ1n) is 9.77. The van der Waals surface area contributed by atoms with E-state index >= 15 is 0 Å². The van der Waals surface area contributed by atoms with Gasteiger partial charge >= 0.3 is 140 Å². The van der Waals surface area contributed by atoms with Gasteiger partial charge in [-0.3, -0.25) is 0 Å². The van der Waals surface area contributed by atoms with E-state index in [0.717, 1.165) is 0 Å². The maximum atomic E-state index is 9.82. The van der Waals surface area contributed by atoms with Gasteiger partial charge in [-0.05, 0) is 20.8 Å². The van der Waals surface area contributed by atoms with Crippen LogP contribution >= 0.6 is 0 Å². The molecule has 30 heavy (non-hydrogen) atoms. The predicted octanol–water partition coefficient (Wildman–Crippen LogP) is 2.41. The molecule has 0 spiro atoms. The van der Waals surface area contributed by atoms with Crippen molar-refractivity contribution in [3.63, 3.8) is 0 Å². The third-order valence-corrected chi connectivity index (χ3v) is 5.97. The molecule has 3 rings (SSSR count). The number of nitrogens with one attached hydrogen (secondary N) is 1. The average Bonchev–Trinajstić information content (AvgIpc) is 3.49. The van der Waals surface area contributed by atoms with Gasteiger partial charge in [0.05, 0.1) is 19.6 Å². The summed E-state index contributed by atoms with van der Waals surface area (Å²) in [4.78, 5) is 6.03. The standard InChI is InChI=1S/C16H8N4O2Se.C6H15N/c17-7-10-13(11-3-1-5-21-11)16(8-18,9-19)14(20-15(10)23)12-4-2-6-22-12;1-4-7(5-2)6-3/h1-6,13-14H;4-6H2,1-3H3/q-1;/p+1. The number of aliphatic imine (C=N–C) groups is 1. The fraction of sp³-hybridized carbons (Fsp3) is 0.409. The first-order chi connectivity index (χ1) is 14.5. The van der Waals surface area contributed by atoms with E-state index in [1.165, 1.54) is 32.2 Å². The molecular weight excluding hydrogens is 445 g/mol. The number of hydrogen-bond acceptors (Lipinski definition) is 5. The molecule has 3 heterocycles. The van der Waals surface area contributed by atoms with Crippen molar-refractivity contribution < 1.29 is 13.7 Å². The van der Waals surface area contributed by atoms with Crippen molar-refractivity contribution in [3.05, 3.63) is 59.3 Å². The molecule has 155 valence electrons. The third-order valence-electron chi connectivity index (χ3n) is 5.28. The van der Waals surface area contributed by atoms with E-state index in [0.29, 0.717) is 16.1 Å². The number of rotatable bonds is 5. The van der Waals surface area contributed by atoms with Gasteiger partial charge in [-0.15, -0.1) is 0 Å². The van der Waals surface area contributed by atoms with Crippen molar-refractivity contribution in [2.45, 2.75) is 32.7 Å². The Kier molecular flexibility index (Phi) is 8.42. The summed E-state index contributed by atoms with van der Waals surface area (Å²) in [5.74, 6) is 1.93. The zero-order valence-electron chi connectivity index (χ0n) is 17.3. The van der Waals surface area contributed by atoms with Crippen LogP contribution in [0.2, 0.25) is 0 Å². The molecule has 2 aromatic heterocycles. The second kappa shape index (κ2) is 10.8. The van der Waals surface area contributed by atoms with Crippen molar-refractivity contribution >= 4 is 26.5 Å². The molecule has 7 nitrogen and oxygen atoms in total. The zero-order chi connectivity index (χ0) is 22.1. The van der Waals surface area contributed by atoms with E-state index in [9.17, 15) is 15.9 Å². The Morgan fingerprint density at radius 2 is 1.60 bits per heavy atom. The summed E-state index contributed by atoms with van der Waals surface area (Å²) >= 11 is 2.74. The Labute approximate surface area is 185 Å². The van der Waals surface area contributed by atoms with Gasteiger partial charge in [0.1, 0.15) is 0 Å². The molecule has 0 bridgehead atoms. The molecule has 0 saturated heterocycles.